The lowest BCUT2D eigenvalue weighted by atomic mass is 10.0. The molecule has 1 heterocycles. The fourth-order valence-corrected chi connectivity index (χ4v) is 4.08. The maximum absolute atomic E-state index is 14.8. The van der Waals surface area contributed by atoms with Gasteiger partial charge in [-0.15, -0.1) is 0 Å². The van der Waals surface area contributed by atoms with E-state index in [1.54, 1.807) is 19.1 Å². The number of rotatable bonds is 11. The van der Waals surface area contributed by atoms with Crippen molar-refractivity contribution in [1.29, 1.82) is 0 Å². The Labute approximate surface area is 198 Å². The van der Waals surface area contributed by atoms with Crippen LogP contribution in [0.1, 0.15) is 55.9 Å². The summed E-state index contributed by atoms with van der Waals surface area (Å²) in [5, 5.41) is 9.24. The number of carbonyl (C=O) groups excluding carboxylic acids is 3. The van der Waals surface area contributed by atoms with Gasteiger partial charge in [-0.25, -0.2) is 4.39 Å². The molecule has 34 heavy (non-hydrogen) atoms. The van der Waals surface area contributed by atoms with Gasteiger partial charge in [-0.05, 0) is 25.8 Å². The summed E-state index contributed by atoms with van der Waals surface area (Å²) in [6.45, 7) is 1.91. The molecule has 184 valence electrons. The molecule has 2 N–H and O–H groups in total. The lowest BCUT2D eigenvalue weighted by Crippen LogP contribution is -2.47. The lowest BCUT2D eigenvalue weighted by Gasteiger charge is -2.32. The highest BCUT2D eigenvalue weighted by Gasteiger charge is 2.34. The number of anilines is 1. The van der Waals surface area contributed by atoms with Crippen LogP contribution in [-0.2, 0) is 19.1 Å². The van der Waals surface area contributed by atoms with Gasteiger partial charge in [0.1, 0.15) is 17.6 Å². The standard InChI is InChI=1S/C24H31FN4O5/c1-16-15-20(28-34-16)27-21(30)11-12-22(31)29(13-14-33-2)23(18-9-5-6-10-19(18)25)24(32)26-17-7-3-4-8-17/h5-6,9-10,15,17,23H,3-4,7-8,11-14H2,1-2H3,(H,26,32)(H,27,28,30)/t23-/m0/s1. The third-order valence-electron chi connectivity index (χ3n) is 5.78. The van der Waals surface area contributed by atoms with Crippen molar-refractivity contribution in [2.45, 2.75) is 57.5 Å². The summed E-state index contributed by atoms with van der Waals surface area (Å²) in [5.41, 5.74) is 0.102. The third-order valence-corrected chi connectivity index (χ3v) is 5.78. The van der Waals surface area contributed by atoms with Gasteiger partial charge < -0.3 is 24.8 Å². The van der Waals surface area contributed by atoms with Crippen molar-refractivity contribution in [2.24, 2.45) is 0 Å². The molecule has 0 unspecified atom stereocenters. The summed E-state index contributed by atoms with van der Waals surface area (Å²) in [7, 11) is 1.48. The van der Waals surface area contributed by atoms with E-state index in [0.717, 1.165) is 25.7 Å². The van der Waals surface area contributed by atoms with Crippen LogP contribution < -0.4 is 10.6 Å². The zero-order chi connectivity index (χ0) is 24.5. The number of carbonyl (C=O) groups is 3. The number of aromatic nitrogens is 1. The number of methoxy groups -OCH3 is 1. The van der Waals surface area contributed by atoms with Crippen LogP contribution in [0, 0.1) is 12.7 Å². The first-order chi connectivity index (χ1) is 16.4. The van der Waals surface area contributed by atoms with Crippen LogP contribution in [0.4, 0.5) is 10.2 Å². The first kappa shape index (κ1) is 25.4. The molecular formula is C24H31FN4O5. The van der Waals surface area contributed by atoms with Crippen LogP contribution in [0.15, 0.2) is 34.9 Å². The van der Waals surface area contributed by atoms with E-state index in [2.05, 4.69) is 15.8 Å². The maximum atomic E-state index is 14.8. The summed E-state index contributed by atoms with van der Waals surface area (Å²) in [6, 6.07) is 6.30. The van der Waals surface area contributed by atoms with Crippen molar-refractivity contribution in [3.05, 3.63) is 47.5 Å². The van der Waals surface area contributed by atoms with Crippen LogP contribution in [0.25, 0.3) is 0 Å². The monoisotopic (exact) mass is 474 g/mol. The van der Waals surface area contributed by atoms with E-state index in [1.807, 2.05) is 0 Å². The molecule has 3 rings (SSSR count). The maximum Gasteiger partial charge on any atom is 0.247 e. The molecule has 10 heteroatoms. The van der Waals surface area contributed by atoms with E-state index in [1.165, 1.54) is 30.2 Å². The number of amides is 3. The van der Waals surface area contributed by atoms with Gasteiger partial charge in [0.25, 0.3) is 0 Å². The minimum absolute atomic E-state index is 0.00200. The number of hydrogen-bond donors (Lipinski definition) is 2. The van der Waals surface area contributed by atoms with Crippen LogP contribution in [0.5, 0.6) is 0 Å². The second-order valence-electron chi connectivity index (χ2n) is 8.36. The average molecular weight is 475 g/mol. The number of ether oxygens (including phenoxy) is 1. The number of halogens is 1. The molecule has 0 radical (unpaired) electrons. The van der Waals surface area contributed by atoms with Crippen LogP contribution in [0.2, 0.25) is 0 Å². The molecule has 2 aromatic rings. The molecule has 1 aliphatic carbocycles. The molecule has 0 spiro atoms. The molecule has 0 bridgehead atoms. The molecule has 1 aromatic heterocycles. The predicted molar refractivity (Wildman–Crippen MR) is 122 cm³/mol. The van der Waals surface area contributed by atoms with Crippen molar-refractivity contribution in [1.82, 2.24) is 15.4 Å². The van der Waals surface area contributed by atoms with E-state index in [4.69, 9.17) is 9.26 Å². The Morgan fingerprint density at radius 1 is 1.24 bits per heavy atom. The molecule has 1 atom stereocenters. The summed E-state index contributed by atoms with van der Waals surface area (Å²) < 4.78 is 24.8. The largest absolute Gasteiger partial charge is 0.383 e. The normalized spacial score (nSPS) is 14.6. The second kappa shape index (κ2) is 12.3. The van der Waals surface area contributed by atoms with Crippen LogP contribution >= 0.6 is 0 Å². The quantitative estimate of drug-likeness (QED) is 0.517. The molecule has 1 aromatic carbocycles. The Hall–Kier alpha value is -3.27. The van der Waals surface area contributed by atoms with Crippen molar-refractivity contribution in [2.75, 3.05) is 25.6 Å². The third kappa shape index (κ3) is 6.86. The zero-order valence-electron chi connectivity index (χ0n) is 19.5. The van der Waals surface area contributed by atoms with Gasteiger partial charge in [0.15, 0.2) is 5.82 Å². The minimum Gasteiger partial charge on any atom is -0.383 e. The molecule has 0 saturated heterocycles. The number of benzene rings is 1. The van der Waals surface area contributed by atoms with Gasteiger partial charge in [-0.1, -0.05) is 36.2 Å². The number of hydrogen-bond acceptors (Lipinski definition) is 6. The molecule has 0 aliphatic heterocycles. The minimum atomic E-state index is -1.18. The number of nitrogens with zero attached hydrogens (tertiary/aromatic N) is 2. The Kier molecular flexibility index (Phi) is 9.15. The zero-order valence-corrected chi connectivity index (χ0v) is 19.5. The highest BCUT2D eigenvalue weighted by molar-refractivity contribution is 5.94. The van der Waals surface area contributed by atoms with Gasteiger partial charge in [-0.2, -0.15) is 0 Å². The number of nitrogens with one attached hydrogen (secondary N) is 2. The SMILES string of the molecule is COCCN(C(=O)CCC(=O)Nc1cc(C)on1)[C@H](C(=O)NC1CCCC1)c1ccccc1F. The molecule has 1 saturated carbocycles. The van der Waals surface area contributed by atoms with Crippen molar-refractivity contribution in [3.8, 4) is 0 Å². The molecular weight excluding hydrogens is 443 g/mol. The highest BCUT2D eigenvalue weighted by Crippen LogP contribution is 2.27. The van der Waals surface area contributed by atoms with Gasteiger partial charge in [0.2, 0.25) is 17.7 Å². The predicted octanol–water partition coefficient (Wildman–Crippen LogP) is 3.12. The second-order valence-corrected chi connectivity index (χ2v) is 8.36. The molecule has 3 amide bonds. The van der Waals surface area contributed by atoms with Crippen LogP contribution in [0.3, 0.4) is 0 Å². The molecule has 9 nitrogen and oxygen atoms in total. The lowest BCUT2D eigenvalue weighted by molar-refractivity contribution is -0.142. The smallest absolute Gasteiger partial charge is 0.247 e. The van der Waals surface area contributed by atoms with Crippen molar-refractivity contribution >= 4 is 23.5 Å². The Balaban J connectivity index is 1.77. The fourth-order valence-electron chi connectivity index (χ4n) is 4.08. The van der Waals surface area contributed by atoms with Crippen LogP contribution in [-0.4, -0.2) is 54.1 Å². The topological polar surface area (TPSA) is 114 Å². The first-order valence-corrected chi connectivity index (χ1v) is 11.5. The van der Waals surface area contributed by atoms with Gasteiger partial charge in [0, 0.05) is 44.2 Å². The van der Waals surface area contributed by atoms with Crippen molar-refractivity contribution < 1.29 is 28.0 Å². The Morgan fingerprint density at radius 3 is 2.62 bits per heavy atom. The van der Waals surface area contributed by atoms with Gasteiger partial charge in [-0.3, -0.25) is 14.4 Å². The van der Waals surface area contributed by atoms with E-state index in [0.29, 0.717) is 5.76 Å². The highest BCUT2D eigenvalue weighted by atomic mass is 19.1. The van der Waals surface area contributed by atoms with E-state index in [-0.39, 0.29) is 43.4 Å². The number of aryl methyl sites for hydroxylation is 1. The Morgan fingerprint density at radius 2 is 1.97 bits per heavy atom. The van der Waals surface area contributed by atoms with E-state index >= 15 is 0 Å². The fraction of sp³-hybridized carbons (Fsp3) is 0.500. The molecule has 1 aliphatic rings. The summed E-state index contributed by atoms with van der Waals surface area (Å²) in [4.78, 5) is 40.1. The Bertz CT molecular complexity index is 989. The van der Waals surface area contributed by atoms with Gasteiger partial charge >= 0.3 is 0 Å². The summed E-state index contributed by atoms with van der Waals surface area (Å²) >= 11 is 0. The van der Waals surface area contributed by atoms with E-state index in [9.17, 15) is 18.8 Å². The average Bonchev–Trinajstić information content (AvgIpc) is 3.47. The summed E-state index contributed by atoms with van der Waals surface area (Å²) in [6.07, 6.45) is 3.42. The van der Waals surface area contributed by atoms with E-state index < -0.39 is 29.6 Å². The van der Waals surface area contributed by atoms with Crippen molar-refractivity contribution in [3.63, 3.8) is 0 Å². The summed E-state index contributed by atoms with van der Waals surface area (Å²) in [5.74, 6) is -1.11. The first-order valence-electron chi connectivity index (χ1n) is 11.5. The molecule has 1 fully saturated rings. The van der Waals surface area contributed by atoms with Gasteiger partial charge in [0.05, 0.1) is 6.61 Å².